The zero-order valence-electron chi connectivity index (χ0n) is 12.1. The quantitative estimate of drug-likeness (QED) is 0.719. The van der Waals surface area contributed by atoms with Crippen molar-refractivity contribution in [3.8, 4) is 0 Å². The number of aliphatic hydroxyl groups is 1. The van der Waals surface area contributed by atoms with Crippen LogP contribution in [0.25, 0.3) is 0 Å². The molecule has 0 aliphatic carbocycles. The largest absolute Gasteiger partial charge is 0.414 e. The number of aliphatic hydroxyl groups excluding tert-OH is 1. The van der Waals surface area contributed by atoms with E-state index in [-0.39, 0.29) is 17.2 Å². The minimum absolute atomic E-state index is 0.213. The molecule has 0 heterocycles. The Bertz CT molecular complexity index is 197. The molecule has 0 saturated carbocycles. The molecule has 16 heavy (non-hydrogen) atoms. The Labute approximate surface area is 103 Å². The minimum Gasteiger partial charge on any atom is -0.414 e. The van der Waals surface area contributed by atoms with Crippen molar-refractivity contribution < 1.29 is 9.53 Å². The van der Waals surface area contributed by atoms with Crippen LogP contribution in [-0.4, -0.2) is 25.6 Å². The minimum atomic E-state index is -1.68. The lowest BCUT2D eigenvalue weighted by Crippen LogP contribution is -2.44. The van der Waals surface area contributed by atoms with Crippen molar-refractivity contribution in [1.29, 1.82) is 0 Å². The summed E-state index contributed by atoms with van der Waals surface area (Å²) in [4.78, 5) is 0. The van der Waals surface area contributed by atoms with E-state index in [4.69, 9.17) is 4.43 Å². The highest BCUT2D eigenvalue weighted by Gasteiger charge is 2.38. The maximum absolute atomic E-state index is 9.69. The van der Waals surface area contributed by atoms with Crippen molar-refractivity contribution in [2.75, 3.05) is 0 Å². The lowest BCUT2D eigenvalue weighted by molar-refractivity contribution is 0.0820. The van der Waals surface area contributed by atoms with Crippen LogP contribution < -0.4 is 0 Å². The van der Waals surface area contributed by atoms with E-state index in [0.29, 0.717) is 0 Å². The van der Waals surface area contributed by atoms with Crippen LogP contribution in [0.5, 0.6) is 0 Å². The van der Waals surface area contributed by atoms with Crippen molar-refractivity contribution >= 4 is 8.32 Å². The van der Waals surface area contributed by atoms with Crippen molar-refractivity contribution in [2.24, 2.45) is 0 Å². The fourth-order valence-corrected chi connectivity index (χ4v) is 2.81. The van der Waals surface area contributed by atoms with Crippen molar-refractivity contribution in [3.05, 3.63) is 0 Å². The van der Waals surface area contributed by atoms with Gasteiger partial charge in [-0.05, 0) is 37.4 Å². The van der Waals surface area contributed by atoms with Gasteiger partial charge >= 0.3 is 0 Å². The van der Waals surface area contributed by atoms with E-state index in [1.165, 1.54) is 0 Å². The van der Waals surface area contributed by atoms with Crippen LogP contribution in [0, 0.1) is 0 Å². The van der Waals surface area contributed by atoms with Crippen LogP contribution in [0.15, 0.2) is 0 Å². The maximum atomic E-state index is 9.69. The van der Waals surface area contributed by atoms with E-state index < -0.39 is 8.32 Å². The van der Waals surface area contributed by atoms with Gasteiger partial charge < -0.3 is 9.53 Å². The Morgan fingerprint density at radius 2 is 1.62 bits per heavy atom. The van der Waals surface area contributed by atoms with E-state index in [1.807, 2.05) is 6.92 Å². The molecule has 1 N–H and O–H groups in total. The Kier molecular flexibility index (Phi) is 6.23. The first-order chi connectivity index (χ1) is 7.14. The van der Waals surface area contributed by atoms with E-state index in [0.717, 1.165) is 19.3 Å². The second-order valence-electron chi connectivity index (χ2n) is 6.21. The van der Waals surface area contributed by atoms with E-state index in [1.54, 1.807) is 0 Å². The van der Waals surface area contributed by atoms with Gasteiger partial charge in [-0.25, -0.2) is 0 Å². The second kappa shape index (κ2) is 6.17. The molecule has 0 spiro atoms. The molecule has 0 aromatic carbocycles. The second-order valence-corrected chi connectivity index (χ2v) is 11.0. The molecule has 0 fully saturated rings. The summed E-state index contributed by atoms with van der Waals surface area (Å²) in [5, 5.41) is 9.94. The van der Waals surface area contributed by atoms with E-state index >= 15 is 0 Å². The summed E-state index contributed by atoms with van der Waals surface area (Å²) < 4.78 is 6.30. The first kappa shape index (κ1) is 16.1. The molecule has 0 rings (SSSR count). The zero-order valence-corrected chi connectivity index (χ0v) is 13.1. The smallest absolute Gasteiger partial charge is 0.192 e. The lowest BCUT2D eigenvalue weighted by atomic mass is 10.1. The number of hydrogen-bond acceptors (Lipinski definition) is 2. The molecule has 0 bridgehead atoms. The van der Waals surface area contributed by atoms with Crippen molar-refractivity contribution in [2.45, 2.75) is 84.2 Å². The molecule has 0 aliphatic rings. The molecule has 0 aromatic rings. The van der Waals surface area contributed by atoms with Gasteiger partial charge in [0.05, 0.1) is 6.10 Å². The zero-order chi connectivity index (χ0) is 13.0. The summed E-state index contributed by atoms with van der Waals surface area (Å²) in [5.74, 6) is 0. The molecule has 0 aliphatic heterocycles. The third kappa shape index (κ3) is 4.98. The van der Waals surface area contributed by atoms with Crippen LogP contribution in [0.3, 0.4) is 0 Å². The average molecular weight is 246 g/mol. The fourth-order valence-electron chi connectivity index (χ4n) is 1.36. The highest BCUT2D eigenvalue weighted by atomic mass is 28.4. The number of hydrogen-bond donors (Lipinski definition) is 1. The van der Waals surface area contributed by atoms with Gasteiger partial charge in [-0.1, -0.05) is 34.6 Å². The predicted octanol–water partition coefficient (Wildman–Crippen LogP) is 3.95. The van der Waals surface area contributed by atoms with Crippen LogP contribution in [0.2, 0.25) is 18.1 Å². The normalized spacial score (nSPS) is 17.2. The van der Waals surface area contributed by atoms with Gasteiger partial charge in [-0.15, -0.1) is 0 Å². The molecular formula is C13H30O2Si. The number of rotatable bonds is 6. The standard InChI is InChI=1S/C13H30O2Si/c1-8-11(14)10-12(9-2)15-16(6,7)13(3,4)5/h11-12,14H,8-10H2,1-7H3/t11-,12-/m0/s1. The van der Waals surface area contributed by atoms with E-state index in [2.05, 4.69) is 40.8 Å². The summed E-state index contributed by atoms with van der Waals surface area (Å²) >= 11 is 0. The molecule has 0 unspecified atom stereocenters. The molecule has 0 radical (unpaired) electrons. The molecular weight excluding hydrogens is 216 g/mol. The van der Waals surface area contributed by atoms with Gasteiger partial charge in [0.2, 0.25) is 0 Å². The molecule has 2 nitrogen and oxygen atoms in total. The van der Waals surface area contributed by atoms with Crippen molar-refractivity contribution in [3.63, 3.8) is 0 Å². The molecule has 0 amide bonds. The van der Waals surface area contributed by atoms with E-state index in [9.17, 15) is 5.11 Å². The predicted molar refractivity (Wildman–Crippen MR) is 73.3 cm³/mol. The van der Waals surface area contributed by atoms with Gasteiger partial charge in [0.1, 0.15) is 0 Å². The monoisotopic (exact) mass is 246 g/mol. The van der Waals surface area contributed by atoms with Gasteiger partial charge in [0.25, 0.3) is 0 Å². The topological polar surface area (TPSA) is 29.5 Å². The lowest BCUT2D eigenvalue weighted by Gasteiger charge is -2.39. The summed E-state index contributed by atoms with van der Waals surface area (Å²) in [6.45, 7) is 15.5. The van der Waals surface area contributed by atoms with Gasteiger partial charge in [0.15, 0.2) is 8.32 Å². The Balaban J connectivity index is 4.42. The Morgan fingerprint density at radius 3 is 1.94 bits per heavy atom. The molecule has 2 atom stereocenters. The first-order valence-corrected chi connectivity index (χ1v) is 9.40. The van der Waals surface area contributed by atoms with Crippen LogP contribution >= 0.6 is 0 Å². The summed E-state index contributed by atoms with van der Waals surface area (Å²) in [6.07, 6.45) is 2.59. The van der Waals surface area contributed by atoms with Gasteiger partial charge in [-0.3, -0.25) is 0 Å². The van der Waals surface area contributed by atoms with Crippen LogP contribution in [0.1, 0.15) is 53.9 Å². The van der Waals surface area contributed by atoms with Crippen LogP contribution in [-0.2, 0) is 4.43 Å². The summed E-state index contributed by atoms with van der Waals surface area (Å²) in [6, 6.07) is 0. The third-order valence-corrected chi connectivity index (χ3v) is 8.26. The van der Waals surface area contributed by atoms with Crippen LogP contribution in [0.4, 0.5) is 0 Å². The maximum Gasteiger partial charge on any atom is 0.192 e. The SMILES string of the molecule is CC[C@H](O)C[C@H](CC)O[Si](C)(C)C(C)(C)C. The van der Waals surface area contributed by atoms with Gasteiger partial charge in [-0.2, -0.15) is 0 Å². The highest BCUT2D eigenvalue weighted by Crippen LogP contribution is 2.38. The molecule has 3 heteroatoms. The van der Waals surface area contributed by atoms with Gasteiger partial charge in [0, 0.05) is 6.10 Å². The summed E-state index contributed by atoms with van der Waals surface area (Å²) in [7, 11) is -1.68. The third-order valence-electron chi connectivity index (χ3n) is 3.73. The Hall–Kier alpha value is 0.137. The average Bonchev–Trinajstić information content (AvgIpc) is 2.14. The highest BCUT2D eigenvalue weighted by molar-refractivity contribution is 6.74. The molecule has 0 saturated heterocycles. The molecule has 98 valence electrons. The summed E-state index contributed by atoms with van der Waals surface area (Å²) in [5.41, 5.74) is 0. The fraction of sp³-hybridized carbons (Fsp3) is 1.00. The first-order valence-electron chi connectivity index (χ1n) is 6.50. The molecule has 0 aromatic heterocycles. The Morgan fingerprint density at radius 1 is 1.12 bits per heavy atom. The van der Waals surface area contributed by atoms with Crippen molar-refractivity contribution in [1.82, 2.24) is 0 Å².